The van der Waals surface area contributed by atoms with Crippen LogP contribution in [0.5, 0.6) is 0 Å². The van der Waals surface area contributed by atoms with Crippen LogP contribution < -0.4 is 10.6 Å². The van der Waals surface area contributed by atoms with Crippen LogP contribution in [0.4, 0.5) is 5.82 Å². The quantitative estimate of drug-likeness (QED) is 0.767. The SMILES string of the molecule is c1ccc(-c2nc(NC3CCNCC3)cc(-c3cccnc3)n2)cc1. The Kier molecular flexibility index (Phi) is 4.65. The molecule has 3 aromatic rings. The molecular formula is C20H21N5. The van der Waals surface area contributed by atoms with Crippen molar-refractivity contribution in [2.24, 2.45) is 0 Å². The van der Waals surface area contributed by atoms with Crippen LogP contribution >= 0.6 is 0 Å². The summed E-state index contributed by atoms with van der Waals surface area (Å²) < 4.78 is 0. The molecule has 126 valence electrons. The third kappa shape index (κ3) is 3.83. The summed E-state index contributed by atoms with van der Waals surface area (Å²) in [5, 5.41) is 6.98. The van der Waals surface area contributed by atoms with Gasteiger partial charge in [-0.05, 0) is 38.1 Å². The third-order valence-corrected chi connectivity index (χ3v) is 4.41. The lowest BCUT2D eigenvalue weighted by Gasteiger charge is -2.24. The molecule has 25 heavy (non-hydrogen) atoms. The summed E-state index contributed by atoms with van der Waals surface area (Å²) in [6, 6.07) is 16.5. The zero-order valence-electron chi connectivity index (χ0n) is 14.0. The lowest BCUT2D eigenvalue weighted by atomic mass is 10.1. The maximum Gasteiger partial charge on any atom is 0.162 e. The van der Waals surface area contributed by atoms with Gasteiger partial charge >= 0.3 is 0 Å². The number of benzene rings is 1. The van der Waals surface area contributed by atoms with Crippen LogP contribution in [0, 0.1) is 0 Å². The van der Waals surface area contributed by atoms with Crippen LogP contribution in [0.1, 0.15) is 12.8 Å². The van der Waals surface area contributed by atoms with Gasteiger partial charge in [-0.25, -0.2) is 9.97 Å². The maximum atomic E-state index is 4.76. The fraction of sp³-hybridized carbons (Fsp3) is 0.250. The zero-order chi connectivity index (χ0) is 16.9. The van der Waals surface area contributed by atoms with Gasteiger partial charge in [-0.15, -0.1) is 0 Å². The maximum absolute atomic E-state index is 4.76. The monoisotopic (exact) mass is 331 g/mol. The number of aromatic nitrogens is 3. The second-order valence-corrected chi connectivity index (χ2v) is 6.24. The highest BCUT2D eigenvalue weighted by Crippen LogP contribution is 2.24. The van der Waals surface area contributed by atoms with Gasteiger partial charge < -0.3 is 10.6 Å². The molecule has 0 spiro atoms. The normalized spacial score (nSPS) is 15.0. The Bertz CT molecular complexity index is 756. The highest BCUT2D eigenvalue weighted by Gasteiger charge is 2.15. The van der Waals surface area contributed by atoms with Crippen molar-refractivity contribution in [3.63, 3.8) is 0 Å². The molecule has 0 bridgehead atoms. The molecule has 0 amide bonds. The van der Waals surface area contributed by atoms with Crippen LogP contribution in [0.25, 0.3) is 22.6 Å². The summed E-state index contributed by atoms with van der Waals surface area (Å²) in [6.07, 6.45) is 5.82. The summed E-state index contributed by atoms with van der Waals surface area (Å²) in [7, 11) is 0. The molecule has 2 N–H and O–H groups in total. The van der Waals surface area contributed by atoms with Gasteiger partial charge in [-0.2, -0.15) is 0 Å². The minimum Gasteiger partial charge on any atom is -0.367 e. The van der Waals surface area contributed by atoms with Crippen molar-refractivity contribution >= 4 is 5.82 Å². The number of hydrogen-bond acceptors (Lipinski definition) is 5. The number of anilines is 1. The molecule has 0 saturated carbocycles. The predicted octanol–water partition coefficient (Wildman–Crippen LogP) is 3.37. The van der Waals surface area contributed by atoms with E-state index >= 15 is 0 Å². The Morgan fingerprint density at radius 3 is 2.48 bits per heavy atom. The van der Waals surface area contributed by atoms with Gasteiger partial charge in [0.15, 0.2) is 5.82 Å². The molecule has 0 radical (unpaired) electrons. The molecule has 1 aliphatic rings. The molecule has 0 unspecified atom stereocenters. The molecule has 4 rings (SSSR count). The molecule has 1 aliphatic heterocycles. The van der Waals surface area contributed by atoms with E-state index in [9.17, 15) is 0 Å². The average Bonchev–Trinajstić information content (AvgIpc) is 2.70. The smallest absolute Gasteiger partial charge is 0.162 e. The van der Waals surface area contributed by atoms with Crippen molar-refractivity contribution in [1.29, 1.82) is 0 Å². The van der Waals surface area contributed by atoms with E-state index < -0.39 is 0 Å². The first-order valence-corrected chi connectivity index (χ1v) is 8.71. The number of hydrogen-bond donors (Lipinski definition) is 2. The van der Waals surface area contributed by atoms with E-state index in [0.717, 1.165) is 54.4 Å². The molecule has 3 heterocycles. The molecule has 1 aromatic carbocycles. The molecular weight excluding hydrogens is 310 g/mol. The fourth-order valence-electron chi connectivity index (χ4n) is 3.08. The number of piperidine rings is 1. The Labute approximate surface area is 147 Å². The van der Waals surface area contributed by atoms with Gasteiger partial charge in [0.05, 0.1) is 5.69 Å². The van der Waals surface area contributed by atoms with Crippen LogP contribution in [-0.4, -0.2) is 34.1 Å². The summed E-state index contributed by atoms with van der Waals surface area (Å²) in [6.45, 7) is 2.09. The van der Waals surface area contributed by atoms with Crippen molar-refractivity contribution in [3.8, 4) is 22.6 Å². The summed E-state index contributed by atoms with van der Waals surface area (Å²) in [4.78, 5) is 13.7. The molecule has 5 heteroatoms. The van der Waals surface area contributed by atoms with E-state index in [1.54, 1.807) is 6.20 Å². The molecule has 1 saturated heterocycles. The van der Waals surface area contributed by atoms with Crippen molar-refractivity contribution in [1.82, 2.24) is 20.3 Å². The van der Waals surface area contributed by atoms with E-state index in [1.165, 1.54) is 0 Å². The molecule has 0 atom stereocenters. The summed E-state index contributed by atoms with van der Waals surface area (Å²) >= 11 is 0. The molecule has 2 aromatic heterocycles. The van der Waals surface area contributed by atoms with Crippen molar-refractivity contribution in [2.45, 2.75) is 18.9 Å². The van der Waals surface area contributed by atoms with Gasteiger partial charge in [-0.3, -0.25) is 4.98 Å². The summed E-state index contributed by atoms with van der Waals surface area (Å²) in [5.74, 6) is 1.61. The topological polar surface area (TPSA) is 62.7 Å². The largest absolute Gasteiger partial charge is 0.367 e. The molecule has 1 fully saturated rings. The van der Waals surface area contributed by atoms with E-state index in [2.05, 4.69) is 15.6 Å². The lowest BCUT2D eigenvalue weighted by Crippen LogP contribution is -2.35. The Balaban J connectivity index is 1.72. The second-order valence-electron chi connectivity index (χ2n) is 6.24. The minimum absolute atomic E-state index is 0.446. The molecule has 0 aliphatic carbocycles. The average molecular weight is 331 g/mol. The minimum atomic E-state index is 0.446. The van der Waals surface area contributed by atoms with E-state index in [0.29, 0.717) is 6.04 Å². The van der Waals surface area contributed by atoms with Crippen LogP contribution in [0.2, 0.25) is 0 Å². The first kappa shape index (κ1) is 15.7. The van der Waals surface area contributed by atoms with Gasteiger partial charge in [0.25, 0.3) is 0 Å². The fourth-order valence-corrected chi connectivity index (χ4v) is 3.08. The van der Waals surface area contributed by atoms with E-state index in [-0.39, 0.29) is 0 Å². The number of pyridine rings is 1. The van der Waals surface area contributed by atoms with Crippen molar-refractivity contribution < 1.29 is 0 Å². The standard InChI is InChI=1S/C20H21N5/c1-2-5-15(6-3-1)20-24-18(16-7-4-10-22-14-16)13-19(25-20)23-17-8-11-21-12-9-17/h1-7,10,13-14,17,21H,8-9,11-12H2,(H,23,24,25). The zero-order valence-corrected chi connectivity index (χ0v) is 14.0. The Hall–Kier alpha value is -2.79. The molecule has 5 nitrogen and oxygen atoms in total. The van der Waals surface area contributed by atoms with Crippen LogP contribution in [-0.2, 0) is 0 Å². The number of nitrogens with one attached hydrogen (secondary N) is 2. The van der Waals surface area contributed by atoms with Gasteiger partial charge in [0.1, 0.15) is 5.82 Å². The summed E-state index contributed by atoms with van der Waals surface area (Å²) in [5.41, 5.74) is 2.90. The predicted molar refractivity (Wildman–Crippen MR) is 100 cm³/mol. The van der Waals surface area contributed by atoms with Gasteiger partial charge in [-0.1, -0.05) is 30.3 Å². The number of nitrogens with zero attached hydrogens (tertiary/aromatic N) is 3. The van der Waals surface area contributed by atoms with Crippen molar-refractivity contribution in [2.75, 3.05) is 18.4 Å². The number of rotatable bonds is 4. The van der Waals surface area contributed by atoms with E-state index in [4.69, 9.17) is 9.97 Å². The van der Waals surface area contributed by atoms with E-state index in [1.807, 2.05) is 54.7 Å². The van der Waals surface area contributed by atoms with Crippen LogP contribution in [0.15, 0.2) is 60.9 Å². The lowest BCUT2D eigenvalue weighted by molar-refractivity contribution is 0.478. The highest BCUT2D eigenvalue weighted by molar-refractivity contribution is 5.67. The van der Waals surface area contributed by atoms with Crippen LogP contribution in [0.3, 0.4) is 0 Å². The third-order valence-electron chi connectivity index (χ3n) is 4.41. The highest BCUT2D eigenvalue weighted by atomic mass is 15.1. The van der Waals surface area contributed by atoms with Gasteiger partial charge in [0, 0.05) is 35.6 Å². The first-order valence-electron chi connectivity index (χ1n) is 8.71. The van der Waals surface area contributed by atoms with Crippen molar-refractivity contribution in [3.05, 3.63) is 60.9 Å². The Morgan fingerprint density at radius 2 is 1.72 bits per heavy atom. The van der Waals surface area contributed by atoms with Gasteiger partial charge in [0.2, 0.25) is 0 Å². The second kappa shape index (κ2) is 7.40. The Morgan fingerprint density at radius 1 is 0.920 bits per heavy atom. The first-order chi connectivity index (χ1) is 12.4.